The second-order valence-corrected chi connectivity index (χ2v) is 9.06. The molecule has 0 aliphatic heterocycles. The molecule has 0 bridgehead atoms. The van der Waals surface area contributed by atoms with Crippen LogP contribution in [0.25, 0.3) is 0 Å². The largest absolute Gasteiger partial charge is 0.0651 e. The Hall–Kier alpha value is 0. The Morgan fingerprint density at radius 2 is 1.18 bits per heavy atom. The van der Waals surface area contributed by atoms with Gasteiger partial charge in [0.1, 0.15) is 0 Å². The molecule has 0 aliphatic rings. The van der Waals surface area contributed by atoms with Crippen molar-refractivity contribution >= 4 is 0 Å². The molecule has 0 heteroatoms. The third-order valence-corrected chi connectivity index (χ3v) is 5.65. The molecule has 0 saturated heterocycles. The molecular weight excluding hydrogens is 264 g/mol. The van der Waals surface area contributed by atoms with E-state index in [0.717, 1.165) is 17.8 Å². The number of hydrogen-bond donors (Lipinski definition) is 0. The fourth-order valence-electron chi connectivity index (χ4n) is 3.64. The van der Waals surface area contributed by atoms with Crippen molar-refractivity contribution < 1.29 is 0 Å². The highest BCUT2D eigenvalue weighted by Crippen LogP contribution is 2.31. The first-order valence-corrected chi connectivity index (χ1v) is 10.3. The van der Waals surface area contributed by atoms with Crippen molar-refractivity contribution in [1.82, 2.24) is 0 Å². The highest BCUT2D eigenvalue weighted by Gasteiger charge is 2.17. The van der Waals surface area contributed by atoms with Crippen LogP contribution in [-0.2, 0) is 0 Å². The summed E-state index contributed by atoms with van der Waals surface area (Å²) in [5, 5.41) is 0. The zero-order valence-corrected chi connectivity index (χ0v) is 17.0. The maximum atomic E-state index is 2.48. The Balaban J connectivity index is 3.70. The predicted octanol–water partition coefficient (Wildman–Crippen LogP) is 8.25. The summed E-state index contributed by atoms with van der Waals surface area (Å²) < 4.78 is 0. The minimum Gasteiger partial charge on any atom is -0.0651 e. The van der Waals surface area contributed by atoms with Crippen molar-refractivity contribution in [3.8, 4) is 0 Å². The topological polar surface area (TPSA) is 0 Å². The Morgan fingerprint density at radius 3 is 1.68 bits per heavy atom. The van der Waals surface area contributed by atoms with E-state index in [9.17, 15) is 0 Å². The smallest absolute Gasteiger partial charge is 0.0354 e. The molecule has 0 aliphatic carbocycles. The van der Waals surface area contributed by atoms with E-state index in [1.165, 1.54) is 70.6 Å². The minimum absolute atomic E-state index is 0.560. The van der Waals surface area contributed by atoms with Gasteiger partial charge in [-0.15, -0.1) is 0 Å². The summed E-state index contributed by atoms with van der Waals surface area (Å²) in [5.74, 6) is 2.78. The van der Waals surface area contributed by atoms with Crippen LogP contribution in [0.1, 0.15) is 119 Å². The van der Waals surface area contributed by atoms with Crippen molar-refractivity contribution in [1.29, 1.82) is 0 Å². The van der Waals surface area contributed by atoms with Gasteiger partial charge in [0.2, 0.25) is 0 Å². The Bertz CT molecular complexity index is 234. The van der Waals surface area contributed by atoms with Crippen molar-refractivity contribution in [3.63, 3.8) is 0 Å². The lowest BCUT2D eigenvalue weighted by Gasteiger charge is -2.25. The zero-order valence-electron chi connectivity index (χ0n) is 17.0. The molecule has 1 atom stereocenters. The molecule has 1 unspecified atom stereocenters. The van der Waals surface area contributed by atoms with Crippen molar-refractivity contribution in [2.75, 3.05) is 0 Å². The van der Waals surface area contributed by atoms with E-state index in [-0.39, 0.29) is 0 Å². The molecule has 0 nitrogen and oxygen atoms in total. The predicted molar refractivity (Wildman–Crippen MR) is 103 cm³/mol. The molecule has 134 valence electrons. The molecule has 0 heterocycles. The van der Waals surface area contributed by atoms with Gasteiger partial charge in [-0.3, -0.25) is 0 Å². The van der Waals surface area contributed by atoms with E-state index in [0.29, 0.717) is 5.41 Å². The third kappa shape index (κ3) is 12.5. The standard InChI is InChI=1S/C22H46/c1-8-21(9-2)16-10-14-20(5)15-12-18-22(6,7)17-11-13-19(3)4/h19-21H,8-18H2,1-7H3. The molecule has 0 spiro atoms. The van der Waals surface area contributed by atoms with Gasteiger partial charge in [-0.05, 0) is 36.0 Å². The summed E-state index contributed by atoms with van der Waals surface area (Å²) in [6.45, 7) is 16.8. The molecular formula is C22H46. The minimum atomic E-state index is 0.560. The van der Waals surface area contributed by atoms with Crippen LogP contribution < -0.4 is 0 Å². The molecule has 0 saturated carbocycles. The van der Waals surface area contributed by atoms with Gasteiger partial charge in [-0.2, -0.15) is 0 Å². The molecule has 22 heavy (non-hydrogen) atoms. The lowest BCUT2D eigenvalue weighted by atomic mass is 9.80. The fraction of sp³-hybridized carbons (Fsp3) is 1.00. The van der Waals surface area contributed by atoms with Crippen LogP contribution >= 0.6 is 0 Å². The van der Waals surface area contributed by atoms with Crippen LogP contribution in [0.5, 0.6) is 0 Å². The first kappa shape index (κ1) is 22.0. The van der Waals surface area contributed by atoms with Crippen molar-refractivity contribution in [2.24, 2.45) is 23.2 Å². The molecule has 0 fully saturated rings. The van der Waals surface area contributed by atoms with Gasteiger partial charge < -0.3 is 0 Å². The van der Waals surface area contributed by atoms with Crippen LogP contribution in [0, 0.1) is 23.2 Å². The summed E-state index contributed by atoms with van der Waals surface area (Å²) in [5.41, 5.74) is 0.560. The Kier molecular flexibility index (Phi) is 12.4. The van der Waals surface area contributed by atoms with Crippen LogP contribution in [-0.4, -0.2) is 0 Å². The van der Waals surface area contributed by atoms with Gasteiger partial charge in [0.25, 0.3) is 0 Å². The third-order valence-electron chi connectivity index (χ3n) is 5.65. The first-order chi connectivity index (χ1) is 10.3. The molecule has 0 radical (unpaired) electrons. The number of rotatable bonds is 14. The van der Waals surface area contributed by atoms with Crippen molar-refractivity contribution in [2.45, 2.75) is 119 Å². The Morgan fingerprint density at radius 1 is 0.682 bits per heavy atom. The Labute approximate surface area is 142 Å². The van der Waals surface area contributed by atoms with E-state index in [2.05, 4.69) is 48.5 Å². The zero-order chi connectivity index (χ0) is 17.0. The highest BCUT2D eigenvalue weighted by atomic mass is 14.2. The van der Waals surface area contributed by atoms with Crippen LogP contribution in [0.15, 0.2) is 0 Å². The molecule has 0 aromatic carbocycles. The van der Waals surface area contributed by atoms with E-state index >= 15 is 0 Å². The second kappa shape index (κ2) is 12.4. The van der Waals surface area contributed by atoms with Gasteiger partial charge in [-0.25, -0.2) is 0 Å². The summed E-state index contributed by atoms with van der Waals surface area (Å²) in [6.07, 6.45) is 15.6. The van der Waals surface area contributed by atoms with Gasteiger partial charge in [0.05, 0.1) is 0 Å². The van der Waals surface area contributed by atoms with Gasteiger partial charge >= 0.3 is 0 Å². The average molecular weight is 311 g/mol. The van der Waals surface area contributed by atoms with Crippen LogP contribution in [0.2, 0.25) is 0 Å². The molecule has 0 rings (SSSR count). The van der Waals surface area contributed by atoms with Crippen LogP contribution in [0.3, 0.4) is 0 Å². The van der Waals surface area contributed by atoms with E-state index < -0.39 is 0 Å². The summed E-state index contributed by atoms with van der Waals surface area (Å²) >= 11 is 0. The quantitative estimate of drug-likeness (QED) is 0.303. The normalized spacial score (nSPS) is 14.0. The monoisotopic (exact) mass is 310 g/mol. The lowest BCUT2D eigenvalue weighted by Crippen LogP contribution is -2.12. The molecule has 0 N–H and O–H groups in total. The average Bonchev–Trinajstić information content (AvgIpc) is 2.42. The van der Waals surface area contributed by atoms with Crippen molar-refractivity contribution in [3.05, 3.63) is 0 Å². The van der Waals surface area contributed by atoms with Crippen LogP contribution in [0.4, 0.5) is 0 Å². The van der Waals surface area contributed by atoms with Gasteiger partial charge in [0, 0.05) is 0 Å². The lowest BCUT2D eigenvalue weighted by molar-refractivity contribution is 0.268. The SMILES string of the molecule is CCC(CC)CCCC(C)CCCC(C)(C)CCCC(C)C. The summed E-state index contributed by atoms with van der Waals surface area (Å²) in [7, 11) is 0. The first-order valence-electron chi connectivity index (χ1n) is 10.3. The molecule has 0 aromatic rings. The summed E-state index contributed by atoms with van der Waals surface area (Å²) in [6, 6.07) is 0. The van der Waals surface area contributed by atoms with Gasteiger partial charge in [-0.1, -0.05) is 106 Å². The summed E-state index contributed by atoms with van der Waals surface area (Å²) in [4.78, 5) is 0. The maximum absolute atomic E-state index is 2.48. The molecule has 0 aromatic heterocycles. The highest BCUT2D eigenvalue weighted by molar-refractivity contribution is 4.70. The fourth-order valence-corrected chi connectivity index (χ4v) is 3.64. The van der Waals surface area contributed by atoms with E-state index in [1.54, 1.807) is 0 Å². The molecule has 0 amide bonds. The second-order valence-electron chi connectivity index (χ2n) is 9.06. The maximum Gasteiger partial charge on any atom is -0.0354 e. The number of hydrogen-bond acceptors (Lipinski definition) is 0. The van der Waals surface area contributed by atoms with E-state index in [4.69, 9.17) is 0 Å². The van der Waals surface area contributed by atoms with E-state index in [1.807, 2.05) is 0 Å². The van der Waals surface area contributed by atoms with Gasteiger partial charge in [0.15, 0.2) is 0 Å².